The summed E-state index contributed by atoms with van der Waals surface area (Å²) in [6.45, 7) is 2.48. The third kappa shape index (κ3) is 5.61. The van der Waals surface area contributed by atoms with Crippen LogP contribution in [0.2, 0.25) is 10.0 Å². The van der Waals surface area contributed by atoms with Crippen LogP contribution in [0.3, 0.4) is 0 Å². The lowest BCUT2D eigenvalue weighted by Gasteiger charge is -2.14. The van der Waals surface area contributed by atoms with E-state index in [0.29, 0.717) is 33.4 Å². The van der Waals surface area contributed by atoms with Crippen LogP contribution in [0.5, 0.6) is 0 Å². The van der Waals surface area contributed by atoms with Crippen LogP contribution < -0.4 is 10.6 Å². The molecule has 30 heavy (non-hydrogen) atoms. The van der Waals surface area contributed by atoms with E-state index in [0.717, 1.165) is 11.1 Å². The molecule has 0 aliphatic carbocycles. The first-order valence-corrected chi connectivity index (χ1v) is 10.4. The second-order valence-electron chi connectivity index (χ2n) is 6.69. The van der Waals surface area contributed by atoms with Gasteiger partial charge in [0.1, 0.15) is 0 Å². The Bertz CT molecular complexity index is 1070. The Morgan fingerprint density at radius 1 is 0.900 bits per heavy atom. The van der Waals surface area contributed by atoms with Crippen LogP contribution in [0.1, 0.15) is 27.0 Å². The van der Waals surface area contributed by atoms with Crippen molar-refractivity contribution in [3.63, 3.8) is 0 Å². The highest BCUT2D eigenvalue weighted by Crippen LogP contribution is 2.24. The maximum atomic E-state index is 12.6. The predicted molar refractivity (Wildman–Crippen MR) is 123 cm³/mol. The zero-order chi connectivity index (χ0) is 21.7. The standard InChI is InChI=1S/C23H19Cl3N2O2/c1-14-4-2-3-5-17(14)13-27-22(26)23(30)28-18-9-6-15(7-10-18)21(29)16-8-11-19(24)20(25)12-16/h2-12,22,27H,13H2,1H3,(H,28,30). The van der Waals surface area contributed by atoms with E-state index in [-0.39, 0.29) is 11.7 Å². The number of nitrogens with one attached hydrogen (secondary N) is 2. The third-order valence-corrected chi connectivity index (χ3v) is 5.65. The maximum absolute atomic E-state index is 12.6. The van der Waals surface area contributed by atoms with Crippen molar-refractivity contribution >= 4 is 52.2 Å². The van der Waals surface area contributed by atoms with E-state index >= 15 is 0 Å². The molecule has 0 saturated heterocycles. The number of hydrogen-bond donors (Lipinski definition) is 2. The molecule has 0 saturated carbocycles. The molecule has 4 nitrogen and oxygen atoms in total. The van der Waals surface area contributed by atoms with Gasteiger partial charge in [-0.2, -0.15) is 0 Å². The predicted octanol–water partition coefficient (Wildman–Crippen LogP) is 5.83. The fourth-order valence-electron chi connectivity index (χ4n) is 2.82. The molecule has 0 fully saturated rings. The highest BCUT2D eigenvalue weighted by molar-refractivity contribution is 6.42. The van der Waals surface area contributed by atoms with E-state index in [9.17, 15) is 9.59 Å². The Hall–Kier alpha value is -2.37. The molecule has 0 radical (unpaired) electrons. The molecule has 0 aliphatic heterocycles. The van der Waals surface area contributed by atoms with Gasteiger partial charge in [0.05, 0.1) is 10.0 Å². The van der Waals surface area contributed by atoms with E-state index in [1.165, 1.54) is 6.07 Å². The van der Waals surface area contributed by atoms with Crippen LogP contribution in [0.25, 0.3) is 0 Å². The summed E-state index contributed by atoms with van der Waals surface area (Å²) in [4.78, 5) is 24.9. The Kier molecular flexibility index (Phi) is 7.51. The van der Waals surface area contributed by atoms with Crippen molar-refractivity contribution in [2.75, 3.05) is 5.32 Å². The zero-order valence-electron chi connectivity index (χ0n) is 16.1. The van der Waals surface area contributed by atoms with Crippen LogP contribution in [0.15, 0.2) is 66.7 Å². The molecule has 0 aromatic heterocycles. The first-order chi connectivity index (χ1) is 14.3. The first kappa shape index (κ1) is 22.3. The molecule has 0 heterocycles. The second kappa shape index (κ2) is 10.1. The van der Waals surface area contributed by atoms with Crippen molar-refractivity contribution < 1.29 is 9.59 Å². The maximum Gasteiger partial charge on any atom is 0.256 e. The van der Waals surface area contributed by atoms with E-state index in [1.807, 2.05) is 31.2 Å². The average molecular weight is 462 g/mol. The van der Waals surface area contributed by atoms with Crippen LogP contribution in [0, 0.1) is 6.92 Å². The van der Waals surface area contributed by atoms with Gasteiger partial charge in [-0.15, -0.1) is 0 Å². The van der Waals surface area contributed by atoms with Crippen molar-refractivity contribution in [1.82, 2.24) is 5.32 Å². The number of alkyl halides is 1. The lowest BCUT2D eigenvalue weighted by Crippen LogP contribution is -2.35. The van der Waals surface area contributed by atoms with Crippen molar-refractivity contribution in [1.29, 1.82) is 0 Å². The number of halogens is 3. The third-order valence-electron chi connectivity index (χ3n) is 4.56. The van der Waals surface area contributed by atoms with Gasteiger partial charge in [-0.25, -0.2) is 0 Å². The summed E-state index contributed by atoms with van der Waals surface area (Å²) in [5.74, 6) is -0.574. The summed E-state index contributed by atoms with van der Waals surface area (Å²) >= 11 is 18.0. The smallest absolute Gasteiger partial charge is 0.256 e. The van der Waals surface area contributed by atoms with Gasteiger partial charge in [-0.1, -0.05) is 59.1 Å². The fraction of sp³-hybridized carbons (Fsp3) is 0.130. The van der Waals surface area contributed by atoms with Crippen LogP contribution in [-0.4, -0.2) is 17.2 Å². The van der Waals surface area contributed by atoms with Gasteiger partial charge in [0.2, 0.25) is 0 Å². The minimum Gasteiger partial charge on any atom is -0.324 e. The number of anilines is 1. The van der Waals surface area contributed by atoms with E-state index in [1.54, 1.807) is 36.4 Å². The molecule has 1 amide bonds. The largest absolute Gasteiger partial charge is 0.324 e. The summed E-state index contributed by atoms with van der Waals surface area (Å²) in [5, 5.41) is 6.43. The SMILES string of the molecule is Cc1ccccc1CNC(Cl)C(=O)Nc1ccc(C(=O)c2ccc(Cl)c(Cl)c2)cc1. The number of rotatable bonds is 7. The summed E-state index contributed by atoms with van der Waals surface area (Å²) in [6.07, 6.45) is 0. The monoisotopic (exact) mass is 460 g/mol. The number of amides is 1. The fourth-order valence-corrected chi connectivity index (χ4v) is 3.25. The number of ketones is 1. The van der Waals surface area contributed by atoms with E-state index < -0.39 is 5.50 Å². The van der Waals surface area contributed by atoms with Gasteiger partial charge in [0, 0.05) is 23.4 Å². The molecule has 154 valence electrons. The van der Waals surface area contributed by atoms with E-state index in [4.69, 9.17) is 34.8 Å². The molecule has 3 aromatic rings. The summed E-state index contributed by atoms with van der Waals surface area (Å²) in [6, 6.07) is 19.2. The quantitative estimate of drug-likeness (QED) is 0.264. The topological polar surface area (TPSA) is 58.2 Å². The normalized spacial score (nSPS) is 11.7. The molecule has 7 heteroatoms. The minimum absolute atomic E-state index is 0.193. The number of aryl methyl sites for hydroxylation is 1. The van der Waals surface area contributed by atoms with Crippen LogP contribution in [-0.2, 0) is 11.3 Å². The molecule has 2 N–H and O–H groups in total. The molecule has 3 rings (SSSR count). The zero-order valence-corrected chi connectivity index (χ0v) is 18.4. The molecule has 0 aliphatic rings. The van der Waals surface area contributed by atoms with Gasteiger partial charge in [-0.05, 0) is 60.5 Å². The molecule has 1 unspecified atom stereocenters. The van der Waals surface area contributed by atoms with Crippen molar-refractivity contribution in [2.24, 2.45) is 0 Å². The number of carbonyl (C=O) groups excluding carboxylic acids is 2. The lowest BCUT2D eigenvalue weighted by molar-refractivity contribution is -0.116. The van der Waals surface area contributed by atoms with E-state index in [2.05, 4.69) is 10.6 Å². The van der Waals surface area contributed by atoms with Gasteiger partial charge in [-0.3, -0.25) is 14.9 Å². The summed E-state index contributed by atoms with van der Waals surface area (Å²) in [5.41, 5.74) is 2.72. The molecule has 0 spiro atoms. The molecule has 0 bridgehead atoms. The van der Waals surface area contributed by atoms with Crippen LogP contribution in [0.4, 0.5) is 5.69 Å². The van der Waals surface area contributed by atoms with Crippen molar-refractivity contribution in [3.05, 3.63) is 99.0 Å². The Labute approximate surface area is 190 Å². The van der Waals surface area contributed by atoms with Gasteiger partial charge in [0.15, 0.2) is 11.3 Å². The van der Waals surface area contributed by atoms with Gasteiger partial charge in [0.25, 0.3) is 5.91 Å². The highest BCUT2D eigenvalue weighted by Gasteiger charge is 2.16. The Balaban J connectivity index is 1.59. The number of benzene rings is 3. The summed E-state index contributed by atoms with van der Waals surface area (Å²) in [7, 11) is 0. The minimum atomic E-state index is -0.901. The Morgan fingerprint density at radius 3 is 2.23 bits per heavy atom. The molecule has 1 atom stereocenters. The Morgan fingerprint density at radius 2 is 1.57 bits per heavy atom. The number of carbonyl (C=O) groups is 2. The molecular weight excluding hydrogens is 443 g/mol. The molecular formula is C23H19Cl3N2O2. The average Bonchev–Trinajstić information content (AvgIpc) is 2.75. The van der Waals surface area contributed by atoms with Gasteiger partial charge < -0.3 is 5.32 Å². The summed E-state index contributed by atoms with van der Waals surface area (Å²) < 4.78 is 0. The molecule has 3 aromatic carbocycles. The second-order valence-corrected chi connectivity index (χ2v) is 7.95. The lowest BCUT2D eigenvalue weighted by atomic mass is 10.0. The van der Waals surface area contributed by atoms with Crippen LogP contribution >= 0.6 is 34.8 Å². The van der Waals surface area contributed by atoms with Crippen molar-refractivity contribution in [3.8, 4) is 0 Å². The first-order valence-electron chi connectivity index (χ1n) is 9.18. The number of hydrogen-bond acceptors (Lipinski definition) is 3. The van der Waals surface area contributed by atoms with Crippen molar-refractivity contribution in [2.45, 2.75) is 19.0 Å². The highest BCUT2D eigenvalue weighted by atomic mass is 35.5. The van der Waals surface area contributed by atoms with Gasteiger partial charge >= 0.3 is 0 Å².